The van der Waals surface area contributed by atoms with Gasteiger partial charge in [-0.15, -0.1) is 0 Å². The number of amides is 1. The molecule has 3 aromatic rings. The minimum absolute atomic E-state index is 0.129. The van der Waals surface area contributed by atoms with Crippen LogP contribution in [0.25, 0.3) is 11.3 Å². The molecule has 0 bridgehead atoms. The lowest BCUT2D eigenvalue weighted by Gasteiger charge is -2.38. The van der Waals surface area contributed by atoms with Crippen molar-refractivity contribution in [2.75, 3.05) is 22.9 Å². The Hall–Kier alpha value is -3.16. The number of fused-ring (bicyclic) bond motifs is 1. The molecule has 0 radical (unpaired) electrons. The summed E-state index contributed by atoms with van der Waals surface area (Å²) < 4.78 is 17.3. The molecule has 1 fully saturated rings. The Morgan fingerprint density at radius 2 is 1.93 bits per heavy atom. The van der Waals surface area contributed by atoms with Crippen molar-refractivity contribution in [2.24, 2.45) is 14.1 Å². The largest absolute Gasteiger partial charge is 0.365 e. The van der Waals surface area contributed by atoms with Crippen molar-refractivity contribution < 1.29 is 9.18 Å². The maximum atomic E-state index is 13.9. The molecule has 0 N–H and O–H groups in total. The predicted octanol–water partition coefficient (Wildman–Crippen LogP) is 2.59. The second-order valence-electron chi connectivity index (χ2n) is 7.48. The fourth-order valence-electron chi connectivity index (χ4n) is 3.93. The lowest BCUT2D eigenvalue weighted by molar-refractivity contribution is 0.0987. The van der Waals surface area contributed by atoms with Gasteiger partial charge < -0.3 is 9.80 Å². The summed E-state index contributed by atoms with van der Waals surface area (Å²) >= 11 is 0. The second-order valence-corrected chi connectivity index (χ2v) is 7.48. The van der Waals surface area contributed by atoms with Gasteiger partial charge in [0.25, 0.3) is 5.91 Å². The first-order valence-electron chi connectivity index (χ1n) is 9.42. The quantitative estimate of drug-likeness (QED) is 0.701. The molecule has 2 aliphatic rings. The van der Waals surface area contributed by atoms with Crippen molar-refractivity contribution in [3.05, 3.63) is 48.2 Å². The molecule has 1 saturated carbocycles. The van der Waals surface area contributed by atoms with Crippen molar-refractivity contribution in [3.8, 4) is 11.3 Å². The lowest BCUT2D eigenvalue weighted by Crippen LogP contribution is -2.45. The van der Waals surface area contributed by atoms with Gasteiger partial charge in [0.2, 0.25) is 0 Å². The zero-order valence-corrected chi connectivity index (χ0v) is 15.8. The van der Waals surface area contributed by atoms with Crippen molar-refractivity contribution >= 4 is 17.3 Å². The molecule has 1 amide bonds. The van der Waals surface area contributed by atoms with E-state index in [4.69, 9.17) is 0 Å². The molecule has 0 spiro atoms. The van der Waals surface area contributed by atoms with Crippen LogP contribution >= 0.6 is 0 Å². The van der Waals surface area contributed by atoms with Crippen molar-refractivity contribution in [1.29, 1.82) is 0 Å². The highest BCUT2D eigenvalue weighted by Gasteiger charge is 2.36. The number of halogens is 1. The van der Waals surface area contributed by atoms with Crippen LogP contribution in [0.5, 0.6) is 0 Å². The lowest BCUT2D eigenvalue weighted by atomic mass is 10.1. The monoisotopic (exact) mass is 380 g/mol. The molecule has 5 rings (SSSR count). The summed E-state index contributed by atoms with van der Waals surface area (Å²) in [4.78, 5) is 17.5. The van der Waals surface area contributed by atoms with E-state index in [9.17, 15) is 9.18 Å². The Bertz CT molecular complexity index is 1070. The highest BCUT2D eigenvalue weighted by atomic mass is 19.1. The van der Waals surface area contributed by atoms with Crippen LogP contribution in [0.3, 0.4) is 0 Å². The molecule has 1 aromatic carbocycles. The van der Waals surface area contributed by atoms with Crippen molar-refractivity contribution in [2.45, 2.75) is 18.9 Å². The Morgan fingerprint density at radius 3 is 2.64 bits per heavy atom. The van der Waals surface area contributed by atoms with Crippen molar-refractivity contribution in [3.63, 3.8) is 0 Å². The summed E-state index contributed by atoms with van der Waals surface area (Å²) in [6.07, 6.45) is 7.53. The molecule has 0 saturated heterocycles. The number of aryl methyl sites for hydroxylation is 2. The predicted molar refractivity (Wildman–Crippen MR) is 104 cm³/mol. The van der Waals surface area contributed by atoms with E-state index in [1.165, 1.54) is 6.07 Å². The Balaban J connectivity index is 1.55. The Kier molecular flexibility index (Phi) is 3.75. The second kappa shape index (κ2) is 6.19. The van der Waals surface area contributed by atoms with Crippen LogP contribution in [0.15, 0.2) is 36.8 Å². The van der Waals surface area contributed by atoms with E-state index in [1.54, 1.807) is 45.8 Å². The molecule has 144 valence electrons. The van der Waals surface area contributed by atoms with Crippen LogP contribution in [0.4, 0.5) is 15.8 Å². The number of carbonyl (C=O) groups excluding carboxylic acids is 1. The number of anilines is 2. The van der Waals surface area contributed by atoms with E-state index < -0.39 is 0 Å². The molecule has 28 heavy (non-hydrogen) atoms. The summed E-state index contributed by atoms with van der Waals surface area (Å²) in [7, 11) is 3.63. The Morgan fingerprint density at radius 1 is 1.11 bits per heavy atom. The van der Waals surface area contributed by atoms with Crippen LogP contribution in [0.1, 0.15) is 23.2 Å². The smallest absolute Gasteiger partial charge is 0.262 e. The number of rotatable bonds is 3. The first-order valence-corrected chi connectivity index (χ1v) is 9.42. The van der Waals surface area contributed by atoms with E-state index in [2.05, 4.69) is 15.1 Å². The maximum absolute atomic E-state index is 13.9. The molecule has 1 aliphatic carbocycles. The third kappa shape index (κ3) is 2.76. The minimum Gasteiger partial charge on any atom is -0.365 e. The molecule has 0 atom stereocenters. The highest BCUT2D eigenvalue weighted by molar-refractivity contribution is 6.11. The van der Waals surface area contributed by atoms with Gasteiger partial charge in [-0.05, 0) is 31.0 Å². The van der Waals surface area contributed by atoms with E-state index >= 15 is 0 Å². The van der Waals surface area contributed by atoms with Crippen LogP contribution in [0.2, 0.25) is 0 Å². The maximum Gasteiger partial charge on any atom is 0.262 e. The van der Waals surface area contributed by atoms with E-state index in [1.807, 2.05) is 13.2 Å². The number of benzene rings is 1. The van der Waals surface area contributed by atoms with Gasteiger partial charge in [-0.1, -0.05) is 0 Å². The summed E-state index contributed by atoms with van der Waals surface area (Å²) in [5, 5.41) is 8.67. The van der Waals surface area contributed by atoms with Gasteiger partial charge in [0.15, 0.2) is 0 Å². The summed E-state index contributed by atoms with van der Waals surface area (Å²) in [5.41, 5.74) is 3.47. The summed E-state index contributed by atoms with van der Waals surface area (Å²) in [6, 6.07) is 5.12. The number of carbonyl (C=O) groups is 1. The fourth-order valence-corrected chi connectivity index (χ4v) is 3.93. The molecule has 7 nitrogen and oxygen atoms in total. The third-order valence-corrected chi connectivity index (χ3v) is 5.37. The van der Waals surface area contributed by atoms with E-state index in [0.29, 0.717) is 30.4 Å². The standard InChI is InChI=1S/C20H21FN6O/c1-24-11-13(10-22-24)19-16(12-25(2)23-19)20(28)27-8-7-26(15-4-5-15)18-9-14(21)3-6-17(18)27/h3,6,9-12,15H,4-5,7-8H2,1-2H3. The molecule has 3 heterocycles. The van der Waals surface area contributed by atoms with Gasteiger partial charge in [0.1, 0.15) is 11.5 Å². The zero-order chi connectivity index (χ0) is 19.4. The first-order chi connectivity index (χ1) is 13.5. The topological polar surface area (TPSA) is 59.2 Å². The number of hydrogen-bond acceptors (Lipinski definition) is 4. The van der Waals surface area contributed by atoms with Gasteiger partial charge >= 0.3 is 0 Å². The molecule has 2 aromatic heterocycles. The number of nitrogens with zero attached hydrogens (tertiary/aromatic N) is 6. The average molecular weight is 380 g/mol. The van der Waals surface area contributed by atoms with E-state index in [-0.39, 0.29) is 11.7 Å². The average Bonchev–Trinajstić information content (AvgIpc) is 3.31. The third-order valence-electron chi connectivity index (χ3n) is 5.37. The molecule has 8 heteroatoms. The first kappa shape index (κ1) is 17.0. The minimum atomic E-state index is -0.281. The van der Waals surface area contributed by atoms with Crippen LogP contribution < -0.4 is 9.80 Å². The van der Waals surface area contributed by atoms with E-state index in [0.717, 1.165) is 29.8 Å². The van der Waals surface area contributed by atoms with Gasteiger partial charge in [-0.25, -0.2) is 4.39 Å². The summed E-state index contributed by atoms with van der Waals surface area (Å²) in [5.74, 6) is -0.411. The summed E-state index contributed by atoms with van der Waals surface area (Å²) in [6.45, 7) is 1.27. The fraction of sp³-hybridized carbons (Fsp3) is 0.350. The van der Waals surface area contributed by atoms with Gasteiger partial charge in [0, 0.05) is 51.2 Å². The van der Waals surface area contributed by atoms with Crippen LogP contribution in [-0.2, 0) is 14.1 Å². The molecule has 0 unspecified atom stereocenters. The van der Waals surface area contributed by atoms with Crippen LogP contribution in [0, 0.1) is 5.82 Å². The van der Waals surface area contributed by atoms with Gasteiger partial charge in [-0.2, -0.15) is 10.2 Å². The zero-order valence-electron chi connectivity index (χ0n) is 15.8. The van der Waals surface area contributed by atoms with Crippen LogP contribution in [-0.4, -0.2) is 44.6 Å². The Labute approximate surface area is 162 Å². The normalized spacial score (nSPS) is 16.4. The molecule has 1 aliphatic heterocycles. The van der Waals surface area contributed by atoms with Gasteiger partial charge in [-0.3, -0.25) is 14.2 Å². The van der Waals surface area contributed by atoms with Gasteiger partial charge in [0.05, 0.1) is 23.1 Å². The SMILES string of the molecule is Cn1cc(-c2nn(C)cc2C(=O)N2CCN(C3CC3)c3cc(F)ccc32)cn1. The highest BCUT2D eigenvalue weighted by Crippen LogP contribution is 2.41. The number of hydrogen-bond donors (Lipinski definition) is 0. The number of aromatic nitrogens is 4. The molecular weight excluding hydrogens is 359 g/mol. The van der Waals surface area contributed by atoms with Crippen molar-refractivity contribution in [1.82, 2.24) is 19.6 Å². The molecular formula is C20H21FN6O.